The average Bonchev–Trinajstić information content (AvgIpc) is 2.33. The Hall–Kier alpha value is -2.24. The topological polar surface area (TPSA) is 52.9 Å². The Morgan fingerprint density at radius 2 is 1.76 bits per heavy atom. The van der Waals surface area contributed by atoms with E-state index in [0.29, 0.717) is 0 Å². The van der Waals surface area contributed by atoms with Crippen LogP contribution in [-0.2, 0) is 11.3 Å². The summed E-state index contributed by atoms with van der Waals surface area (Å²) in [6.45, 7) is -0.545. The van der Waals surface area contributed by atoms with Crippen LogP contribution in [0.25, 0.3) is 0 Å². The van der Waals surface area contributed by atoms with Crippen molar-refractivity contribution in [2.45, 2.75) is 18.9 Å². The lowest BCUT2D eigenvalue weighted by molar-refractivity contribution is -0.274. The first kappa shape index (κ1) is 16.8. The van der Waals surface area contributed by atoms with E-state index in [9.17, 15) is 31.1 Å². The van der Waals surface area contributed by atoms with Crippen LogP contribution < -0.4 is 5.32 Å². The van der Waals surface area contributed by atoms with Crippen LogP contribution in [0.5, 0.6) is 0 Å². The molecule has 1 amide bonds. The van der Waals surface area contributed by atoms with E-state index in [1.165, 1.54) is 24.3 Å². The number of carbonyl (C=O) groups excluding carboxylic acids is 1. The highest BCUT2D eigenvalue weighted by molar-refractivity contribution is 5.80. The largest absolute Gasteiger partial charge is 0.409 e. The van der Waals surface area contributed by atoms with Gasteiger partial charge in [-0.15, -0.1) is 0 Å². The summed E-state index contributed by atoms with van der Waals surface area (Å²) in [5, 5.41) is 10.2. The number of nitriles is 1. The normalized spacial score (nSPS) is 12.1. The number of carbonyl (C=O) groups is 1. The van der Waals surface area contributed by atoms with Gasteiger partial charge in [0.1, 0.15) is 0 Å². The van der Waals surface area contributed by atoms with Crippen LogP contribution >= 0.6 is 0 Å². The Morgan fingerprint density at radius 3 is 2.24 bits per heavy atom. The summed E-state index contributed by atoms with van der Waals surface area (Å²) in [5.74, 6) is -6.26. The summed E-state index contributed by atoms with van der Waals surface area (Å²) < 4.78 is 73.7. The molecule has 0 radical (unpaired) electrons. The fourth-order valence-corrected chi connectivity index (χ4v) is 1.52. The van der Waals surface area contributed by atoms with Crippen molar-refractivity contribution in [2.75, 3.05) is 0 Å². The second-order valence-electron chi connectivity index (χ2n) is 4.05. The monoisotopic (exact) mass is 310 g/mol. The molecule has 21 heavy (non-hydrogen) atoms. The van der Waals surface area contributed by atoms with Gasteiger partial charge >= 0.3 is 12.4 Å². The standard InChI is InChI=1S/C12H8F6N2O/c13-11(14,15)9(12(16,17)18)10(21)20-6-8-3-1-2-7(4-8)5-19/h1-4,9H,6H2,(H,20,21). The van der Waals surface area contributed by atoms with E-state index in [1.807, 2.05) is 0 Å². The van der Waals surface area contributed by atoms with Gasteiger partial charge in [-0.2, -0.15) is 31.6 Å². The van der Waals surface area contributed by atoms with Crippen LogP contribution in [0, 0.1) is 17.2 Å². The molecule has 0 aliphatic carbocycles. The van der Waals surface area contributed by atoms with Crippen molar-refractivity contribution in [3.8, 4) is 6.07 Å². The van der Waals surface area contributed by atoms with Crippen molar-refractivity contribution < 1.29 is 31.1 Å². The fraction of sp³-hybridized carbons (Fsp3) is 0.333. The van der Waals surface area contributed by atoms with E-state index in [1.54, 1.807) is 11.4 Å². The zero-order valence-electron chi connectivity index (χ0n) is 10.2. The van der Waals surface area contributed by atoms with Gasteiger partial charge < -0.3 is 5.32 Å². The summed E-state index contributed by atoms with van der Waals surface area (Å²) >= 11 is 0. The molecule has 1 rings (SSSR count). The van der Waals surface area contributed by atoms with E-state index in [4.69, 9.17) is 5.26 Å². The lowest BCUT2D eigenvalue weighted by Crippen LogP contribution is -2.47. The van der Waals surface area contributed by atoms with Gasteiger partial charge in [-0.05, 0) is 17.7 Å². The second-order valence-corrected chi connectivity index (χ2v) is 4.05. The smallest absolute Gasteiger partial charge is 0.351 e. The third-order valence-corrected chi connectivity index (χ3v) is 2.44. The molecule has 0 aliphatic heterocycles. The Morgan fingerprint density at radius 1 is 1.19 bits per heavy atom. The van der Waals surface area contributed by atoms with Crippen LogP contribution in [0.2, 0.25) is 0 Å². The number of hydrogen-bond acceptors (Lipinski definition) is 2. The lowest BCUT2D eigenvalue weighted by atomic mass is 10.1. The van der Waals surface area contributed by atoms with Gasteiger partial charge in [0.2, 0.25) is 11.8 Å². The van der Waals surface area contributed by atoms with E-state index in [-0.39, 0.29) is 11.1 Å². The number of benzene rings is 1. The molecule has 0 spiro atoms. The van der Waals surface area contributed by atoms with Crippen molar-refractivity contribution in [1.82, 2.24) is 5.32 Å². The SMILES string of the molecule is N#Cc1cccc(CNC(=O)C(C(F)(F)F)C(F)(F)F)c1. The highest BCUT2D eigenvalue weighted by atomic mass is 19.4. The Kier molecular flexibility index (Phi) is 4.83. The van der Waals surface area contributed by atoms with Gasteiger partial charge in [0.25, 0.3) is 0 Å². The number of hydrogen-bond donors (Lipinski definition) is 1. The molecule has 0 heterocycles. The van der Waals surface area contributed by atoms with Gasteiger partial charge in [-0.1, -0.05) is 12.1 Å². The number of alkyl halides is 6. The molecule has 1 aromatic carbocycles. The lowest BCUT2D eigenvalue weighted by Gasteiger charge is -2.22. The third kappa shape index (κ3) is 4.66. The summed E-state index contributed by atoms with van der Waals surface area (Å²) in [4.78, 5) is 11.1. The van der Waals surface area contributed by atoms with Crippen molar-refractivity contribution in [2.24, 2.45) is 5.92 Å². The molecule has 114 valence electrons. The first-order valence-corrected chi connectivity index (χ1v) is 5.46. The maximum Gasteiger partial charge on any atom is 0.409 e. The highest BCUT2D eigenvalue weighted by Crippen LogP contribution is 2.39. The predicted octanol–water partition coefficient (Wildman–Crippen LogP) is 2.92. The number of nitrogens with zero attached hydrogens (tertiary/aromatic N) is 1. The molecular weight excluding hydrogens is 302 g/mol. The summed E-state index contributed by atoms with van der Waals surface area (Å²) in [7, 11) is 0. The first-order valence-electron chi connectivity index (χ1n) is 5.46. The Balaban J connectivity index is 2.82. The van der Waals surface area contributed by atoms with Crippen LogP contribution in [0.15, 0.2) is 24.3 Å². The van der Waals surface area contributed by atoms with Crippen LogP contribution in [0.4, 0.5) is 26.3 Å². The molecule has 0 fully saturated rings. The Labute approximate surface area is 115 Å². The minimum Gasteiger partial charge on any atom is -0.351 e. The van der Waals surface area contributed by atoms with Crippen molar-refractivity contribution in [1.29, 1.82) is 5.26 Å². The van der Waals surface area contributed by atoms with Gasteiger partial charge in [-0.25, -0.2) is 0 Å². The third-order valence-electron chi connectivity index (χ3n) is 2.44. The molecule has 0 saturated carbocycles. The molecule has 9 heteroatoms. The molecule has 0 bridgehead atoms. The molecule has 1 N–H and O–H groups in total. The summed E-state index contributed by atoms with van der Waals surface area (Å²) in [6, 6.07) is 7.15. The van der Waals surface area contributed by atoms with E-state index in [2.05, 4.69) is 0 Å². The molecule has 0 aromatic heterocycles. The first-order chi connectivity index (χ1) is 9.55. The maximum absolute atomic E-state index is 12.3. The molecule has 0 saturated heterocycles. The minimum atomic E-state index is -5.73. The number of rotatable bonds is 3. The quantitative estimate of drug-likeness (QED) is 0.873. The van der Waals surface area contributed by atoms with E-state index < -0.39 is 30.7 Å². The predicted molar refractivity (Wildman–Crippen MR) is 58.6 cm³/mol. The zero-order chi connectivity index (χ0) is 16.3. The fourth-order valence-electron chi connectivity index (χ4n) is 1.52. The van der Waals surface area contributed by atoms with Gasteiger partial charge in [-0.3, -0.25) is 4.79 Å². The molecule has 0 aliphatic rings. The second kappa shape index (κ2) is 6.03. The van der Waals surface area contributed by atoms with Crippen molar-refractivity contribution >= 4 is 5.91 Å². The zero-order valence-corrected chi connectivity index (χ0v) is 10.2. The number of halogens is 6. The summed E-state index contributed by atoms with van der Waals surface area (Å²) in [6.07, 6.45) is -11.5. The van der Waals surface area contributed by atoms with Crippen LogP contribution in [0.1, 0.15) is 11.1 Å². The van der Waals surface area contributed by atoms with Crippen molar-refractivity contribution in [3.63, 3.8) is 0 Å². The molecular formula is C12H8F6N2O. The number of nitrogens with one attached hydrogen (secondary N) is 1. The molecule has 1 aromatic rings. The number of amides is 1. The Bertz CT molecular complexity index is 544. The summed E-state index contributed by atoms with van der Waals surface area (Å²) in [5.41, 5.74) is 0.385. The molecule has 0 atom stereocenters. The van der Waals surface area contributed by atoms with Crippen molar-refractivity contribution in [3.05, 3.63) is 35.4 Å². The maximum atomic E-state index is 12.3. The van der Waals surface area contributed by atoms with Crippen LogP contribution in [0.3, 0.4) is 0 Å². The van der Waals surface area contributed by atoms with Gasteiger partial charge in [0, 0.05) is 6.54 Å². The molecule has 0 unspecified atom stereocenters. The van der Waals surface area contributed by atoms with E-state index >= 15 is 0 Å². The minimum absolute atomic E-state index is 0.171. The molecule has 3 nitrogen and oxygen atoms in total. The van der Waals surface area contributed by atoms with Crippen LogP contribution in [-0.4, -0.2) is 18.3 Å². The van der Waals surface area contributed by atoms with E-state index in [0.717, 1.165) is 0 Å². The van der Waals surface area contributed by atoms with Gasteiger partial charge in [0.05, 0.1) is 11.6 Å². The van der Waals surface area contributed by atoms with Gasteiger partial charge in [0.15, 0.2) is 0 Å². The highest BCUT2D eigenvalue weighted by Gasteiger charge is 2.60. The average molecular weight is 310 g/mol.